The van der Waals surface area contributed by atoms with E-state index in [9.17, 15) is 0 Å². The standard InChI is InChI=1S/C8H4BrClN2OS/c9-7-11-12-8(14-7)13-6-3-1-5(10)2-4-6/h1-4H. The third-order valence-electron chi connectivity index (χ3n) is 1.40. The van der Waals surface area contributed by atoms with Gasteiger partial charge in [-0.1, -0.05) is 16.7 Å². The van der Waals surface area contributed by atoms with Crippen molar-refractivity contribution in [3.05, 3.63) is 33.2 Å². The zero-order valence-electron chi connectivity index (χ0n) is 6.78. The molecule has 0 atom stereocenters. The lowest BCUT2D eigenvalue weighted by molar-refractivity contribution is 0.473. The molecular formula is C8H4BrClN2OS. The first-order valence-corrected chi connectivity index (χ1v) is 5.65. The van der Waals surface area contributed by atoms with Crippen LogP contribution in [0.1, 0.15) is 0 Å². The number of halogens is 2. The van der Waals surface area contributed by atoms with E-state index in [1.165, 1.54) is 11.3 Å². The Bertz CT molecular complexity index is 431. The Kier molecular flexibility index (Phi) is 3.00. The second kappa shape index (κ2) is 4.25. The maximum atomic E-state index is 5.73. The Morgan fingerprint density at radius 1 is 1.21 bits per heavy atom. The van der Waals surface area contributed by atoms with Crippen molar-refractivity contribution >= 4 is 38.9 Å². The molecule has 2 rings (SSSR count). The molecule has 2 aromatic rings. The number of benzene rings is 1. The van der Waals surface area contributed by atoms with E-state index in [0.717, 1.165) is 0 Å². The Hall–Kier alpha value is -0.650. The van der Waals surface area contributed by atoms with Crippen molar-refractivity contribution in [2.24, 2.45) is 0 Å². The van der Waals surface area contributed by atoms with Crippen molar-refractivity contribution in [2.75, 3.05) is 0 Å². The van der Waals surface area contributed by atoms with E-state index in [-0.39, 0.29) is 0 Å². The lowest BCUT2D eigenvalue weighted by atomic mass is 10.3. The smallest absolute Gasteiger partial charge is 0.300 e. The number of nitrogens with zero attached hydrogens (tertiary/aromatic N) is 2. The van der Waals surface area contributed by atoms with Crippen molar-refractivity contribution in [3.8, 4) is 10.9 Å². The highest BCUT2D eigenvalue weighted by Crippen LogP contribution is 2.27. The third kappa shape index (κ3) is 2.43. The van der Waals surface area contributed by atoms with Gasteiger partial charge in [-0.15, -0.1) is 5.10 Å². The second-order valence-corrected chi connectivity index (χ2v) is 5.03. The molecule has 0 aliphatic rings. The fraction of sp³-hybridized carbons (Fsp3) is 0. The molecule has 0 radical (unpaired) electrons. The fourth-order valence-electron chi connectivity index (χ4n) is 0.838. The molecule has 3 nitrogen and oxygen atoms in total. The molecule has 0 spiro atoms. The third-order valence-corrected chi connectivity index (χ3v) is 2.89. The van der Waals surface area contributed by atoms with Gasteiger partial charge in [0.15, 0.2) is 3.92 Å². The highest BCUT2D eigenvalue weighted by atomic mass is 79.9. The van der Waals surface area contributed by atoms with Gasteiger partial charge >= 0.3 is 0 Å². The Morgan fingerprint density at radius 2 is 1.93 bits per heavy atom. The van der Waals surface area contributed by atoms with Gasteiger partial charge in [0.05, 0.1) is 0 Å². The number of hydrogen-bond donors (Lipinski definition) is 0. The van der Waals surface area contributed by atoms with Crippen LogP contribution in [0.5, 0.6) is 10.9 Å². The first-order chi connectivity index (χ1) is 6.74. The summed E-state index contributed by atoms with van der Waals surface area (Å²) in [5.41, 5.74) is 0. The minimum atomic E-state index is 0.499. The predicted molar refractivity (Wildman–Crippen MR) is 59.1 cm³/mol. The first-order valence-electron chi connectivity index (χ1n) is 3.66. The molecular weight excluding hydrogens is 288 g/mol. The molecule has 0 fully saturated rings. The van der Waals surface area contributed by atoms with Crippen LogP contribution in [0.2, 0.25) is 5.02 Å². The summed E-state index contributed by atoms with van der Waals surface area (Å²) in [5.74, 6) is 0.693. The van der Waals surface area contributed by atoms with Gasteiger partial charge in [-0.05, 0) is 51.5 Å². The summed E-state index contributed by atoms with van der Waals surface area (Å²) in [7, 11) is 0. The van der Waals surface area contributed by atoms with Crippen LogP contribution in [0.4, 0.5) is 0 Å². The van der Waals surface area contributed by atoms with Gasteiger partial charge < -0.3 is 4.74 Å². The van der Waals surface area contributed by atoms with Gasteiger partial charge in [-0.2, -0.15) is 0 Å². The van der Waals surface area contributed by atoms with E-state index in [1.807, 2.05) is 0 Å². The van der Waals surface area contributed by atoms with E-state index >= 15 is 0 Å². The molecule has 0 aliphatic carbocycles. The molecule has 0 saturated heterocycles. The normalized spacial score (nSPS) is 10.1. The summed E-state index contributed by atoms with van der Waals surface area (Å²) in [6.07, 6.45) is 0. The summed E-state index contributed by atoms with van der Waals surface area (Å²) >= 11 is 10.3. The van der Waals surface area contributed by atoms with Crippen LogP contribution in [0, 0.1) is 0 Å². The van der Waals surface area contributed by atoms with Crippen molar-refractivity contribution < 1.29 is 4.74 Å². The van der Waals surface area contributed by atoms with E-state index in [4.69, 9.17) is 16.3 Å². The second-order valence-electron chi connectivity index (χ2n) is 2.38. The van der Waals surface area contributed by atoms with Gasteiger partial charge in [0, 0.05) is 5.02 Å². The summed E-state index contributed by atoms with van der Waals surface area (Å²) in [6.45, 7) is 0. The monoisotopic (exact) mass is 290 g/mol. The Morgan fingerprint density at radius 3 is 2.50 bits per heavy atom. The van der Waals surface area contributed by atoms with Gasteiger partial charge in [-0.3, -0.25) is 0 Å². The number of hydrogen-bond acceptors (Lipinski definition) is 4. The molecule has 0 bridgehead atoms. The van der Waals surface area contributed by atoms with Crippen LogP contribution < -0.4 is 4.74 Å². The zero-order chi connectivity index (χ0) is 9.97. The largest absolute Gasteiger partial charge is 0.430 e. The number of aromatic nitrogens is 2. The van der Waals surface area contributed by atoms with E-state index < -0.39 is 0 Å². The molecule has 1 heterocycles. The zero-order valence-corrected chi connectivity index (χ0v) is 9.93. The van der Waals surface area contributed by atoms with E-state index in [1.54, 1.807) is 24.3 Å². The van der Waals surface area contributed by atoms with Crippen molar-refractivity contribution in [3.63, 3.8) is 0 Å². The number of rotatable bonds is 2. The Balaban J connectivity index is 2.15. The molecule has 0 aliphatic heterocycles. The average Bonchev–Trinajstić information content (AvgIpc) is 2.56. The lowest BCUT2D eigenvalue weighted by Crippen LogP contribution is -1.82. The topological polar surface area (TPSA) is 35.0 Å². The summed E-state index contributed by atoms with van der Waals surface area (Å²) in [4.78, 5) is 0. The van der Waals surface area contributed by atoms with Crippen LogP contribution in [0.3, 0.4) is 0 Å². The van der Waals surface area contributed by atoms with E-state index in [2.05, 4.69) is 26.1 Å². The minimum Gasteiger partial charge on any atom is -0.430 e. The molecule has 0 saturated carbocycles. The molecule has 1 aromatic carbocycles. The van der Waals surface area contributed by atoms with Crippen LogP contribution in [-0.2, 0) is 0 Å². The molecule has 0 N–H and O–H groups in total. The molecule has 14 heavy (non-hydrogen) atoms. The van der Waals surface area contributed by atoms with Crippen LogP contribution >= 0.6 is 38.9 Å². The predicted octanol–water partition coefficient (Wildman–Crippen LogP) is 3.75. The van der Waals surface area contributed by atoms with Crippen molar-refractivity contribution in [1.82, 2.24) is 10.2 Å². The Labute approximate surface area is 97.8 Å². The highest BCUT2D eigenvalue weighted by Gasteiger charge is 2.03. The van der Waals surface area contributed by atoms with Crippen LogP contribution in [0.25, 0.3) is 0 Å². The number of ether oxygens (including phenoxy) is 1. The first kappa shape index (κ1) is 9.89. The minimum absolute atomic E-state index is 0.499. The molecule has 72 valence electrons. The highest BCUT2D eigenvalue weighted by molar-refractivity contribution is 9.11. The summed E-state index contributed by atoms with van der Waals surface area (Å²) in [5, 5.41) is 8.74. The molecule has 0 unspecified atom stereocenters. The summed E-state index contributed by atoms with van der Waals surface area (Å²) < 4.78 is 6.11. The molecule has 1 aromatic heterocycles. The van der Waals surface area contributed by atoms with Crippen molar-refractivity contribution in [1.29, 1.82) is 0 Å². The van der Waals surface area contributed by atoms with Crippen molar-refractivity contribution in [2.45, 2.75) is 0 Å². The van der Waals surface area contributed by atoms with E-state index in [0.29, 0.717) is 19.9 Å². The van der Waals surface area contributed by atoms with Crippen LogP contribution in [0.15, 0.2) is 28.2 Å². The van der Waals surface area contributed by atoms with Gasteiger partial charge in [0.2, 0.25) is 0 Å². The molecule has 0 amide bonds. The maximum Gasteiger partial charge on any atom is 0.300 e. The summed E-state index contributed by atoms with van der Waals surface area (Å²) in [6, 6.07) is 7.06. The fourth-order valence-corrected chi connectivity index (χ4v) is 1.90. The maximum absolute atomic E-state index is 5.73. The van der Waals surface area contributed by atoms with Gasteiger partial charge in [0.25, 0.3) is 5.19 Å². The molecule has 6 heteroatoms. The van der Waals surface area contributed by atoms with Crippen LogP contribution in [-0.4, -0.2) is 10.2 Å². The lowest BCUT2D eigenvalue weighted by Gasteiger charge is -1.99. The quantitative estimate of drug-likeness (QED) is 0.845. The SMILES string of the molecule is Clc1ccc(Oc2nnc(Br)s2)cc1. The average molecular weight is 292 g/mol. The van der Waals surface area contributed by atoms with Gasteiger partial charge in [-0.25, -0.2) is 0 Å². The van der Waals surface area contributed by atoms with Gasteiger partial charge in [0.1, 0.15) is 5.75 Å².